The van der Waals surface area contributed by atoms with Gasteiger partial charge in [-0.25, -0.2) is 19.9 Å². The summed E-state index contributed by atoms with van der Waals surface area (Å²) in [6.07, 6.45) is 10.4. The van der Waals surface area contributed by atoms with Gasteiger partial charge in [0.25, 0.3) is 0 Å². The van der Waals surface area contributed by atoms with Gasteiger partial charge < -0.3 is 69.6 Å². The maximum atomic E-state index is 11.2. The number of ether oxygens (including phenoxy) is 4. The Bertz CT molecular complexity index is 4190. The van der Waals surface area contributed by atoms with Gasteiger partial charge in [-0.15, -0.1) is 6.42 Å². The molecule has 7 N–H and O–H groups in total. The third-order valence-corrected chi connectivity index (χ3v) is 22.6. The number of hydrogen-bond donors (Lipinski definition) is 7. The lowest BCUT2D eigenvalue weighted by Crippen LogP contribution is -2.58. The fourth-order valence-electron chi connectivity index (χ4n) is 15.1. The van der Waals surface area contributed by atoms with E-state index in [1.807, 2.05) is 133 Å². The molecule has 0 spiro atoms. The number of rotatable bonds is 15. The van der Waals surface area contributed by atoms with Crippen LogP contribution in [0.5, 0.6) is 0 Å². The number of methoxy groups -OCH3 is 4. The molecule has 8 aromatic rings. The van der Waals surface area contributed by atoms with Crippen LogP contribution in [0.1, 0.15) is 76.3 Å². The van der Waals surface area contributed by atoms with Crippen molar-refractivity contribution in [3.63, 3.8) is 0 Å². The normalized spacial score (nSPS) is 27.0. The zero-order valence-electron chi connectivity index (χ0n) is 62.3. The van der Waals surface area contributed by atoms with Crippen molar-refractivity contribution in [2.24, 2.45) is 11.8 Å². The summed E-state index contributed by atoms with van der Waals surface area (Å²) in [4.78, 5) is 29.6. The highest BCUT2D eigenvalue weighted by molar-refractivity contribution is 9.10. The van der Waals surface area contributed by atoms with Gasteiger partial charge in [0, 0.05) is 153 Å². The van der Waals surface area contributed by atoms with Crippen molar-refractivity contribution in [2.75, 3.05) is 135 Å². The average Bonchev–Trinajstić information content (AvgIpc) is 0.818. The lowest BCUT2D eigenvalue weighted by atomic mass is 9.75. The summed E-state index contributed by atoms with van der Waals surface area (Å²) in [5, 5.41) is 63.3. The molecule has 14 heterocycles. The largest absolute Gasteiger partial charge is 0.389 e. The number of nitrogens with zero attached hydrogens (tertiary/aromatic N) is 9. The van der Waals surface area contributed by atoms with E-state index >= 15 is 0 Å². The number of aromatic nitrogens is 4. The maximum absolute atomic E-state index is 11.2. The molecular formula is C86H104Br2N10O10. The Kier molecular flexibility index (Phi) is 30.1. The van der Waals surface area contributed by atoms with Crippen LogP contribution in [0, 0.1) is 36.0 Å². The quantitative estimate of drug-likeness (QED) is 0.0375. The molecule has 0 aliphatic carbocycles. The number of halogens is 2. The Morgan fingerprint density at radius 3 is 1.23 bits per heavy atom. The van der Waals surface area contributed by atoms with Crippen LogP contribution in [0.2, 0.25) is 0 Å². The van der Waals surface area contributed by atoms with E-state index in [9.17, 15) is 25.5 Å². The van der Waals surface area contributed by atoms with Crippen LogP contribution in [0.25, 0.3) is 0 Å². The Labute approximate surface area is 653 Å². The average molecular weight is 1600 g/mol. The van der Waals surface area contributed by atoms with E-state index in [1.165, 1.54) is 16.7 Å². The molecule has 108 heavy (non-hydrogen) atoms. The molecule has 20 nitrogen and oxygen atoms in total. The van der Waals surface area contributed by atoms with Crippen molar-refractivity contribution in [3.05, 3.63) is 242 Å². The summed E-state index contributed by atoms with van der Waals surface area (Å²) in [5.74, 6) is 12.3. The van der Waals surface area contributed by atoms with E-state index in [4.69, 9.17) is 45.4 Å². The highest BCUT2D eigenvalue weighted by Gasteiger charge is 2.46. The number of aliphatic hydroxyl groups excluding tert-OH is 4. The highest BCUT2D eigenvalue weighted by atomic mass is 79.9. The first-order chi connectivity index (χ1) is 52.4. The van der Waals surface area contributed by atoms with Crippen molar-refractivity contribution in [1.82, 2.24) is 35.1 Å². The Morgan fingerprint density at radius 2 is 0.843 bits per heavy atom. The molecule has 10 atom stereocenters. The molecule has 572 valence electrons. The second-order valence-electron chi connectivity index (χ2n) is 28.9. The Hall–Kier alpha value is -7.56. The van der Waals surface area contributed by atoms with E-state index in [2.05, 4.69) is 133 Å². The van der Waals surface area contributed by atoms with E-state index in [0.717, 1.165) is 138 Å². The molecule has 22 heteroatoms. The van der Waals surface area contributed by atoms with Gasteiger partial charge in [-0.2, -0.15) is 0 Å². The van der Waals surface area contributed by atoms with Crippen molar-refractivity contribution < 1.29 is 49.6 Å². The molecule has 0 saturated carbocycles. The van der Waals surface area contributed by atoms with Crippen molar-refractivity contribution in [3.8, 4) is 24.2 Å². The molecular weight excluding hydrogens is 1490 g/mol. The predicted octanol–water partition coefficient (Wildman–Crippen LogP) is 8.65. The van der Waals surface area contributed by atoms with E-state index in [-0.39, 0.29) is 36.4 Å². The van der Waals surface area contributed by atoms with Gasteiger partial charge in [-0.3, -0.25) is 9.80 Å². The van der Waals surface area contributed by atoms with E-state index in [1.54, 1.807) is 28.4 Å². The third kappa shape index (κ3) is 22.6. The van der Waals surface area contributed by atoms with E-state index in [0.29, 0.717) is 71.2 Å². The van der Waals surface area contributed by atoms with Crippen LogP contribution in [0.4, 0.5) is 17.5 Å². The lowest BCUT2D eigenvalue weighted by molar-refractivity contribution is -0.0714. The maximum Gasteiger partial charge on any atom is 0.141 e. The van der Waals surface area contributed by atoms with Gasteiger partial charge in [0.2, 0.25) is 0 Å². The van der Waals surface area contributed by atoms with Crippen LogP contribution >= 0.6 is 31.9 Å². The zero-order chi connectivity index (χ0) is 76.0. The molecule has 10 fully saturated rings. The number of anilines is 3. The molecule has 0 amide bonds. The Morgan fingerprint density at radius 1 is 0.435 bits per heavy atom. The molecule has 0 radical (unpaired) electrons. The fourth-order valence-corrected chi connectivity index (χ4v) is 15.9. The van der Waals surface area contributed by atoms with Gasteiger partial charge in [0.15, 0.2) is 0 Å². The number of aliphatic hydroxyl groups is 6. The minimum Gasteiger partial charge on any atom is -0.389 e. The van der Waals surface area contributed by atoms with Crippen LogP contribution in [-0.2, 0) is 44.6 Å². The number of fused-ring (bicyclic) bond motifs is 6. The molecule has 4 aromatic carbocycles. The van der Waals surface area contributed by atoms with Crippen LogP contribution in [0.15, 0.2) is 191 Å². The minimum absolute atomic E-state index is 0.00926. The predicted molar refractivity (Wildman–Crippen MR) is 430 cm³/mol. The van der Waals surface area contributed by atoms with Crippen LogP contribution < -0.4 is 20.0 Å². The highest BCUT2D eigenvalue weighted by Crippen LogP contribution is 2.37. The first-order valence-corrected chi connectivity index (χ1v) is 39.1. The second-order valence-corrected chi connectivity index (χ2v) is 30.6. The first-order valence-electron chi connectivity index (χ1n) is 37.5. The molecule has 10 aliphatic heterocycles. The monoisotopic (exact) mass is 1590 g/mol. The molecule has 10 saturated heterocycles. The van der Waals surface area contributed by atoms with Gasteiger partial charge in [-0.05, 0) is 155 Å². The fraction of sp³-hybridized carbons (Fsp3) is 0.442. The first kappa shape index (κ1) is 81.4. The third-order valence-electron chi connectivity index (χ3n) is 21.5. The SMILES string of the molecule is Brc1cccc(Cc2ccccc2)n1.C#C[C@@]1(O)CN2CCC1CC2.CO[C@@H]1CN(c2ccc(Br)c(Cc3ccccc3)n2)C[C@H]1O.CO[C@@H]1CN(c2ccc(C#C[C@@]3(O)CN4CCC3CC4)c(Cc3ccccc3)n2)C[C@H]1O.CO[C@@H]1CN(c2cccc(Cc3ccccc3)n2)C[C@H]1O.CO[C@@H]1CNC[C@H]1O. The standard InChI is InChI=1S/C26H31N3O3.C17H19BrN2O2.C17H20N2O2.C12H10BrN.C9H13NO.C5H11NO2/c1-32-24-17-29(16-23(24)30)25-8-7-20(22(27-25)15-19-5-3-2-4-6-19)9-12-26(31)18-28-13-10-21(26)11-14-28;1-22-16-11-20(10-15(16)21)17-8-7-13(18)14(19-17)9-12-5-3-2-4-6-12;1-21-16-12-19(11-15(16)20)17-9-5-8-14(18-17)10-13-6-3-2-4-7-13;13-12-8-4-7-11(14-12)9-10-5-2-1-3-6-10;1-2-9(11)7-10-5-3-8(9)4-6-10;1-8-5-3-6-2-4(5)7/h2-8,21,23-24,30-31H,10-11,13-18H2,1H3;2-8,15-16,21H,9-11H2,1H3;2-9,15-16,20H,10-12H2,1H3;1-8H,9H2;1,8,11H,3-7H2;4-7H,2-3H2,1H3/t23-,24-,26-;2*15-,16-;;9-;4-,5-/m111.11/s1. The molecule has 4 bridgehead atoms. The molecule has 0 unspecified atom stereocenters. The second kappa shape index (κ2) is 39.9. The van der Waals surface area contributed by atoms with Crippen molar-refractivity contribution in [1.29, 1.82) is 0 Å². The van der Waals surface area contributed by atoms with E-state index < -0.39 is 29.5 Å². The summed E-state index contributed by atoms with van der Waals surface area (Å²) in [7, 11) is 6.51. The summed E-state index contributed by atoms with van der Waals surface area (Å²) >= 11 is 6.94. The zero-order valence-corrected chi connectivity index (χ0v) is 65.5. The van der Waals surface area contributed by atoms with Crippen LogP contribution in [-0.4, -0.2) is 240 Å². The topological polar surface area (TPSA) is 238 Å². The van der Waals surface area contributed by atoms with Gasteiger partial charge in [0.05, 0.1) is 41.9 Å². The minimum atomic E-state index is -0.941. The summed E-state index contributed by atoms with van der Waals surface area (Å²) in [6.45, 7) is 10.7. The molecule has 18 rings (SSSR count). The number of terminal acetylenes is 1. The number of pyridine rings is 4. The molecule has 4 aromatic heterocycles. The summed E-state index contributed by atoms with van der Waals surface area (Å²) in [6, 6.07) is 61.2. The number of hydrogen-bond acceptors (Lipinski definition) is 20. The number of β-amino-alcohol motifs (C(OH)–C–C–N with tert-alkyl or cyclic N) is 4. The van der Waals surface area contributed by atoms with Crippen LogP contribution in [0.3, 0.4) is 0 Å². The summed E-state index contributed by atoms with van der Waals surface area (Å²) in [5.41, 5.74) is 8.05. The number of piperidine rings is 6. The summed E-state index contributed by atoms with van der Waals surface area (Å²) < 4.78 is 22.8. The Balaban J connectivity index is 0.000000136. The van der Waals surface area contributed by atoms with Gasteiger partial charge in [-0.1, -0.05) is 151 Å². The van der Waals surface area contributed by atoms with Gasteiger partial charge in [0.1, 0.15) is 51.6 Å². The number of nitrogens with one attached hydrogen (secondary N) is 1. The van der Waals surface area contributed by atoms with Crippen molar-refractivity contribution in [2.45, 2.75) is 111 Å². The lowest BCUT2D eigenvalue weighted by Gasteiger charge is -2.47. The van der Waals surface area contributed by atoms with Crippen molar-refractivity contribution >= 4 is 49.3 Å². The smallest absolute Gasteiger partial charge is 0.141 e. The van der Waals surface area contributed by atoms with Gasteiger partial charge >= 0.3 is 0 Å². The molecule has 10 aliphatic rings. The number of benzene rings is 4.